The van der Waals surface area contributed by atoms with Gasteiger partial charge in [-0.05, 0) is 33.1 Å². The normalized spacial score (nSPS) is 32.4. The number of halogens is 2. The second-order valence-electron chi connectivity index (χ2n) is 4.90. The van der Waals surface area contributed by atoms with Gasteiger partial charge in [0.1, 0.15) is 0 Å². The van der Waals surface area contributed by atoms with Gasteiger partial charge in [-0.1, -0.05) is 0 Å². The van der Waals surface area contributed by atoms with Crippen molar-refractivity contribution in [3.05, 3.63) is 0 Å². The summed E-state index contributed by atoms with van der Waals surface area (Å²) < 4.78 is 21.5. The molecular weight excluding hydrogens is 287 g/mol. The lowest BCUT2D eigenvalue weighted by molar-refractivity contribution is 0.0245. The highest BCUT2D eigenvalue weighted by molar-refractivity contribution is 7.75. The fourth-order valence-electron chi connectivity index (χ4n) is 1.55. The molecule has 0 aliphatic heterocycles. The maximum absolute atomic E-state index is 11.4. The first-order chi connectivity index (χ1) is 7.76. The number of alkyl halides is 2. The van der Waals surface area contributed by atoms with Crippen LogP contribution in [0.3, 0.4) is 0 Å². The summed E-state index contributed by atoms with van der Waals surface area (Å²) in [5, 5.41) is 9.29. The van der Waals surface area contributed by atoms with Crippen LogP contribution in [0.15, 0.2) is 0 Å². The molecular formula is C10H18Cl2O4S. The first kappa shape index (κ1) is 15.7. The van der Waals surface area contributed by atoms with E-state index in [4.69, 9.17) is 31.6 Å². The van der Waals surface area contributed by atoms with Gasteiger partial charge in [0.15, 0.2) is 0 Å². The van der Waals surface area contributed by atoms with Crippen LogP contribution in [0.25, 0.3) is 0 Å². The average molecular weight is 305 g/mol. The van der Waals surface area contributed by atoms with Crippen molar-refractivity contribution in [3.63, 3.8) is 0 Å². The van der Waals surface area contributed by atoms with E-state index < -0.39 is 17.0 Å². The molecule has 0 saturated heterocycles. The molecule has 1 fully saturated rings. The fourth-order valence-corrected chi connectivity index (χ4v) is 3.28. The summed E-state index contributed by atoms with van der Waals surface area (Å²) in [7, 11) is 0. The molecule has 0 amide bonds. The van der Waals surface area contributed by atoms with Crippen molar-refractivity contribution in [2.45, 2.75) is 55.6 Å². The first-order valence-electron chi connectivity index (χ1n) is 5.49. The van der Waals surface area contributed by atoms with Gasteiger partial charge in [-0.25, -0.2) is 0 Å². The maximum atomic E-state index is 11.4. The van der Waals surface area contributed by atoms with E-state index in [2.05, 4.69) is 0 Å². The molecule has 1 aliphatic carbocycles. The molecule has 0 aromatic carbocycles. The van der Waals surface area contributed by atoms with Gasteiger partial charge in [0.25, 0.3) is 0 Å². The quantitative estimate of drug-likeness (QED) is 0.791. The standard InChI is InChI=1S/C10H18Cl2O4S/c1-10(2,13)6-15-17(14)16-9-4-7(11)3-8(12)5-9/h7-9,13H,3-6H2,1-2H3. The Morgan fingerprint density at radius 2 is 1.82 bits per heavy atom. The van der Waals surface area contributed by atoms with Gasteiger partial charge in [-0.15, -0.1) is 23.2 Å². The van der Waals surface area contributed by atoms with Crippen LogP contribution in [-0.4, -0.2) is 38.4 Å². The van der Waals surface area contributed by atoms with Crippen molar-refractivity contribution in [3.8, 4) is 0 Å². The molecule has 3 atom stereocenters. The van der Waals surface area contributed by atoms with Crippen molar-refractivity contribution in [1.29, 1.82) is 0 Å². The van der Waals surface area contributed by atoms with E-state index in [1.165, 1.54) is 0 Å². The average Bonchev–Trinajstić information content (AvgIpc) is 2.11. The van der Waals surface area contributed by atoms with Crippen LogP contribution >= 0.6 is 23.2 Å². The van der Waals surface area contributed by atoms with Crippen LogP contribution < -0.4 is 0 Å². The number of aliphatic hydroxyl groups is 1. The van der Waals surface area contributed by atoms with Gasteiger partial charge in [0.2, 0.25) is 0 Å². The second-order valence-corrected chi connectivity index (χ2v) is 6.97. The molecule has 0 aromatic heterocycles. The number of hydrogen-bond donors (Lipinski definition) is 1. The largest absolute Gasteiger partial charge is 0.388 e. The van der Waals surface area contributed by atoms with Gasteiger partial charge in [-0.2, -0.15) is 4.21 Å². The zero-order chi connectivity index (χ0) is 13.1. The van der Waals surface area contributed by atoms with E-state index in [-0.39, 0.29) is 23.5 Å². The monoisotopic (exact) mass is 304 g/mol. The third-order valence-electron chi connectivity index (χ3n) is 2.27. The Labute approximate surface area is 114 Å². The molecule has 102 valence electrons. The van der Waals surface area contributed by atoms with Crippen molar-refractivity contribution < 1.29 is 17.7 Å². The SMILES string of the molecule is CC(C)(O)COS(=O)OC1CC(Cl)CC(Cl)C1. The molecule has 17 heavy (non-hydrogen) atoms. The van der Waals surface area contributed by atoms with Crippen LogP contribution in [-0.2, 0) is 19.7 Å². The fraction of sp³-hybridized carbons (Fsp3) is 1.00. The Balaban J connectivity index is 2.30. The summed E-state index contributed by atoms with van der Waals surface area (Å²) in [5.41, 5.74) is -1.03. The van der Waals surface area contributed by atoms with Gasteiger partial charge in [0, 0.05) is 10.8 Å². The van der Waals surface area contributed by atoms with E-state index in [9.17, 15) is 9.32 Å². The van der Waals surface area contributed by atoms with Crippen molar-refractivity contribution >= 4 is 34.6 Å². The summed E-state index contributed by atoms with van der Waals surface area (Å²) in [6.45, 7) is 3.07. The topological polar surface area (TPSA) is 55.8 Å². The molecule has 1 aliphatic rings. The van der Waals surface area contributed by atoms with Gasteiger partial charge in [-0.3, -0.25) is 8.37 Å². The van der Waals surface area contributed by atoms with Gasteiger partial charge < -0.3 is 5.11 Å². The highest BCUT2D eigenvalue weighted by Gasteiger charge is 2.29. The van der Waals surface area contributed by atoms with E-state index in [1.54, 1.807) is 13.8 Å². The second kappa shape index (κ2) is 6.68. The smallest absolute Gasteiger partial charge is 0.304 e. The lowest BCUT2D eigenvalue weighted by atomic mass is 9.97. The third kappa shape index (κ3) is 6.94. The predicted molar refractivity (Wildman–Crippen MR) is 68.4 cm³/mol. The summed E-state index contributed by atoms with van der Waals surface area (Å²) >= 11 is 10.1. The third-order valence-corrected chi connectivity index (χ3v) is 3.72. The highest BCUT2D eigenvalue weighted by atomic mass is 35.5. The van der Waals surface area contributed by atoms with Crippen molar-refractivity contribution in [2.75, 3.05) is 6.61 Å². The molecule has 0 spiro atoms. The Bertz CT molecular complexity index is 260. The van der Waals surface area contributed by atoms with Gasteiger partial charge in [0.05, 0.1) is 18.3 Å². The highest BCUT2D eigenvalue weighted by Crippen LogP contribution is 2.29. The number of rotatable bonds is 5. The number of hydrogen-bond acceptors (Lipinski definition) is 4. The Morgan fingerprint density at radius 3 is 2.29 bits per heavy atom. The molecule has 4 nitrogen and oxygen atoms in total. The maximum Gasteiger partial charge on any atom is 0.304 e. The zero-order valence-corrected chi connectivity index (χ0v) is 12.2. The van der Waals surface area contributed by atoms with Crippen LogP contribution in [0.5, 0.6) is 0 Å². The predicted octanol–water partition coefficient (Wildman–Crippen LogP) is 2.14. The summed E-state index contributed by atoms with van der Waals surface area (Å²) in [6.07, 6.45) is 1.71. The summed E-state index contributed by atoms with van der Waals surface area (Å²) in [4.78, 5) is 0. The van der Waals surface area contributed by atoms with Crippen LogP contribution in [0, 0.1) is 0 Å². The minimum Gasteiger partial charge on any atom is -0.388 e. The zero-order valence-electron chi connectivity index (χ0n) is 9.90. The Hall–Kier alpha value is 0.610. The first-order valence-corrected chi connectivity index (χ1v) is 7.36. The summed E-state index contributed by atoms with van der Waals surface area (Å²) in [6, 6.07) is 0. The van der Waals surface area contributed by atoms with Gasteiger partial charge >= 0.3 is 11.4 Å². The molecule has 0 heterocycles. The molecule has 0 radical (unpaired) electrons. The molecule has 1 saturated carbocycles. The lowest BCUT2D eigenvalue weighted by Crippen LogP contribution is -2.32. The van der Waals surface area contributed by atoms with Crippen LogP contribution in [0.4, 0.5) is 0 Å². The van der Waals surface area contributed by atoms with E-state index >= 15 is 0 Å². The van der Waals surface area contributed by atoms with E-state index in [1.807, 2.05) is 0 Å². The molecule has 0 bridgehead atoms. The van der Waals surface area contributed by atoms with Crippen molar-refractivity contribution in [2.24, 2.45) is 0 Å². The van der Waals surface area contributed by atoms with Crippen molar-refractivity contribution in [1.82, 2.24) is 0 Å². The minimum absolute atomic E-state index is 0.0532. The molecule has 0 aromatic rings. The lowest BCUT2D eigenvalue weighted by Gasteiger charge is -2.28. The van der Waals surface area contributed by atoms with E-state index in [0.717, 1.165) is 6.42 Å². The molecule has 1 N–H and O–H groups in total. The Kier molecular flexibility index (Phi) is 6.16. The summed E-state index contributed by atoms with van der Waals surface area (Å²) in [5.74, 6) is 0. The minimum atomic E-state index is -1.87. The molecule has 7 heteroatoms. The van der Waals surface area contributed by atoms with Crippen LogP contribution in [0.2, 0.25) is 0 Å². The van der Waals surface area contributed by atoms with E-state index in [0.29, 0.717) is 12.8 Å². The Morgan fingerprint density at radius 1 is 1.29 bits per heavy atom. The van der Waals surface area contributed by atoms with Crippen LogP contribution in [0.1, 0.15) is 33.1 Å². The molecule has 1 rings (SSSR count). The molecule has 3 unspecified atom stereocenters.